The first-order valence-electron chi connectivity index (χ1n) is 8.05. The zero-order valence-electron chi connectivity index (χ0n) is 14.6. The lowest BCUT2D eigenvalue weighted by molar-refractivity contribution is -0.119. The monoisotopic (exact) mass is 447 g/mol. The molecule has 3 aromatic rings. The van der Waals surface area contributed by atoms with Gasteiger partial charge in [-0.2, -0.15) is 0 Å². The third-order valence-corrected chi connectivity index (χ3v) is 6.28. The van der Waals surface area contributed by atoms with Crippen LogP contribution in [0.1, 0.15) is 25.6 Å². The summed E-state index contributed by atoms with van der Waals surface area (Å²) in [6, 6.07) is 12.2. The average Bonchev–Trinajstić information content (AvgIpc) is 3.15. The molecule has 0 fully saturated rings. The zero-order valence-corrected chi connectivity index (χ0v) is 17.8. The first kappa shape index (κ1) is 19.0. The number of rotatable bonds is 3. The Hall–Kier alpha value is -1.76. The molecule has 0 radical (unpaired) electrons. The molecule has 0 spiro atoms. The number of carbonyl (C=O) groups excluding carboxylic acids is 1. The van der Waals surface area contributed by atoms with E-state index in [1.807, 2.05) is 45.0 Å². The fourth-order valence-corrected chi connectivity index (χ4v) is 4.36. The molecule has 0 unspecified atom stereocenters. The van der Waals surface area contributed by atoms with Gasteiger partial charge in [0.15, 0.2) is 5.78 Å². The van der Waals surface area contributed by atoms with Crippen molar-refractivity contribution in [1.29, 1.82) is 0 Å². The van der Waals surface area contributed by atoms with E-state index in [1.54, 1.807) is 11.3 Å². The van der Waals surface area contributed by atoms with E-state index in [1.165, 1.54) is 17.4 Å². The van der Waals surface area contributed by atoms with Crippen LogP contribution in [0.15, 0.2) is 45.7 Å². The minimum atomic E-state index is -0.460. The lowest BCUT2D eigenvalue weighted by atomic mass is 9.91. The van der Waals surface area contributed by atoms with Crippen LogP contribution in [0.25, 0.3) is 22.6 Å². The van der Waals surface area contributed by atoms with Crippen molar-refractivity contribution in [3.63, 3.8) is 0 Å². The summed E-state index contributed by atoms with van der Waals surface area (Å²) in [7, 11) is 0. The van der Waals surface area contributed by atoms with Gasteiger partial charge in [0.25, 0.3) is 5.56 Å². The Morgan fingerprint density at radius 3 is 2.42 bits per heavy atom. The number of halogens is 1. The van der Waals surface area contributed by atoms with Gasteiger partial charge < -0.3 is 4.98 Å². The number of H-pyrrole nitrogens is 1. The number of aromatic nitrogens is 1. The summed E-state index contributed by atoms with van der Waals surface area (Å²) in [5, 5.41) is 0. The minimum Gasteiger partial charge on any atom is -0.313 e. The first-order chi connectivity index (χ1) is 12.2. The molecule has 3 rings (SSSR count). The molecule has 1 N–H and O–H groups in total. The normalized spacial score (nSPS) is 13.4. The van der Waals surface area contributed by atoms with E-state index in [0.717, 1.165) is 19.8 Å². The molecule has 0 atom stereocenters. The van der Waals surface area contributed by atoms with Crippen LogP contribution in [-0.2, 0) is 4.79 Å². The van der Waals surface area contributed by atoms with Crippen molar-refractivity contribution in [2.45, 2.75) is 20.8 Å². The second kappa shape index (κ2) is 7.47. The number of ketones is 1. The fourth-order valence-electron chi connectivity index (χ4n) is 2.19. The second-order valence-corrected chi connectivity index (χ2v) is 10.0. The van der Waals surface area contributed by atoms with Crippen molar-refractivity contribution in [1.82, 2.24) is 4.98 Å². The second-order valence-electron chi connectivity index (χ2n) is 6.90. The highest BCUT2D eigenvalue weighted by atomic mass is 79.9. The molecule has 3 nitrogen and oxygen atoms in total. The highest BCUT2D eigenvalue weighted by molar-refractivity contribution is 9.10. The van der Waals surface area contributed by atoms with Crippen LogP contribution in [0.4, 0.5) is 0 Å². The summed E-state index contributed by atoms with van der Waals surface area (Å²) in [6.45, 7) is 5.58. The number of carbonyl (C=O) groups is 1. The third-order valence-electron chi connectivity index (χ3n) is 3.71. The summed E-state index contributed by atoms with van der Waals surface area (Å²) < 4.78 is 2.23. The maximum Gasteiger partial charge on any atom is 0.266 e. The minimum absolute atomic E-state index is 0.00445. The lowest BCUT2D eigenvalue weighted by Crippen LogP contribution is -2.21. The van der Waals surface area contributed by atoms with E-state index in [-0.39, 0.29) is 11.3 Å². The summed E-state index contributed by atoms with van der Waals surface area (Å²) in [5.74, 6) is -0.00445. The van der Waals surface area contributed by atoms with Gasteiger partial charge in [-0.1, -0.05) is 48.8 Å². The highest BCUT2D eigenvalue weighted by Gasteiger charge is 2.18. The Morgan fingerprint density at radius 2 is 1.77 bits per heavy atom. The molecule has 2 heterocycles. The Bertz CT molecular complexity index is 1110. The van der Waals surface area contributed by atoms with E-state index in [0.29, 0.717) is 9.20 Å². The molecule has 0 aliphatic rings. The zero-order chi connectivity index (χ0) is 18.9. The summed E-state index contributed by atoms with van der Waals surface area (Å²) in [6.07, 6.45) is 3.39. The number of hydrogen-bond donors (Lipinski definition) is 1. The number of benzene rings is 1. The van der Waals surface area contributed by atoms with Gasteiger partial charge in [-0.15, -0.1) is 22.7 Å². The standard InChI is InChI=1S/C20H18BrNO2S2/c1-20(2,3)17(23)11-18-22-19(24)16(26-18)10-14-8-9-15(25-14)12-4-6-13(21)7-5-12/h4-11H,1-3H3,(H,22,24)/b16-10+,18-11+. The van der Waals surface area contributed by atoms with Gasteiger partial charge in [0.2, 0.25) is 0 Å². The predicted molar refractivity (Wildman–Crippen MR) is 114 cm³/mol. The number of thiazole rings is 1. The van der Waals surface area contributed by atoms with Gasteiger partial charge in [0, 0.05) is 25.7 Å². The van der Waals surface area contributed by atoms with Gasteiger partial charge in [-0.25, -0.2) is 0 Å². The Kier molecular flexibility index (Phi) is 5.46. The van der Waals surface area contributed by atoms with Gasteiger partial charge >= 0.3 is 0 Å². The fraction of sp³-hybridized carbons (Fsp3) is 0.200. The molecule has 0 amide bonds. The van der Waals surface area contributed by atoms with Crippen molar-refractivity contribution in [2.75, 3.05) is 0 Å². The summed E-state index contributed by atoms with van der Waals surface area (Å²) in [4.78, 5) is 29.2. The Morgan fingerprint density at radius 1 is 1.08 bits per heavy atom. The lowest BCUT2D eigenvalue weighted by Gasteiger charge is -2.12. The Labute approximate surface area is 167 Å². The molecule has 0 aliphatic heterocycles. The van der Waals surface area contributed by atoms with Gasteiger partial charge in [0.05, 0.1) is 9.20 Å². The van der Waals surface area contributed by atoms with Crippen LogP contribution >= 0.6 is 38.6 Å². The first-order valence-corrected chi connectivity index (χ1v) is 10.5. The molecule has 6 heteroatoms. The van der Waals surface area contributed by atoms with Crippen LogP contribution in [0, 0.1) is 5.41 Å². The number of thiophene rings is 1. The van der Waals surface area contributed by atoms with Crippen LogP contribution in [0.2, 0.25) is 0 Å². The SMILES string of the molecule is CC(C)(C)C(=O)/C=c1\[nH]c(=O)/c(=C\c2ccc(-c3ccc(Br)cc3)s2)s1. The maximum atomic E-state index is 12.2. The van der Waals surface area contributed by atoms with E-state index in [9.17, 15) is 9.59 Å². The van der Waals surface area contributed by atoms with Crippen LogP contribution in [0.5, 0.6) is 0 Å². The van der Waals surface area contributed by atoms with Crippen molar-refractivity contribution in [3.8, 4) is 10.4 Å². The molecular formula is C20H18BrNO2S2. The average molecular weight is 448 g/mol. The molecule has 0 bridgehead atoms. The van der Waals surface area contributed by atoms with E-state index in [4.69, 9.17) is 0 Å². The van der Waals surface area contributed by atoms with Gasteiger partial charge in [-0.05, 0) is 35.9 Å². The number of hydrogen-bond acceptors (Lipinski definition) is 4. The third kappa shape index (κ3) is 4.50. The summed E-state index contributed by atoms with van der Waals surface area (Å²) >= 11 is 6.38. The quantitative estimate of drug-likeness (QED) is 0.655. The van der Waals surface area contributed by atoms with E-state index >= 15 is 0 Å². The molecule has 134 valence electrons. The number of Topliss-reactive ketones (excluding diaryl/α,β-unsaturated/α-hetero) is 1. The number of nitrogens with one attached hydrogen (secondary N) is 1. The van der Waals surface area contributed by atoms with Gasteiger partial charge in [-0.3, -0.25) is 9.59 Å². The molecule has 0 saturated carbocycles. The van der Waals surface area contributed by atoms with Crippen molar-refractivity contribution in [2.24, 2.45) is 5.41 Å². The van der Waals surface area contributed by atoms with Gasteiger partial charge in [0.1, 0.15) is 0 Å². The van der Waals surface area contributed by atoms with Crippen molar-refractivity contribution in [3.05, 3.63) is 65.3 Å². The summed E-state index contributed by atoms with van der Waals surface area (Å²) in [5.41, 5.74) is 0.516. The van der Waals surface area contributed by atoms with E-state index in [2.05, 4.69) is 39.1 Å². The topological polar surface area (TPSA) is 49.9 Å². The Balaban J connectivity index is 1.94. The van der Waals surface area contributed by atoms with Crippen LogP contribution in [-0.4, -0.2) is 10.8 Å². The molecule has 0 saturated heterocycles. The smallest absolute Gasteiger partial charge is 0.266 e. The predicted octanol–water partition coefficient (Wildman–Crippen LogP) is 4.15. The molecule has 1 aromatic carbocycles. The van der Waals surface area contributed by atoms with Crippen molar-refractivity contribution >= 4 is 56.5 Å². The maximum absolute atomic E-state index is 12.2. The number of aromatic amines is 1. The molecule has 26 heavy (non-hydrogen) atoms. The molecule has 0 aliphatic carbocycles. The van der Waals surface area contributed by atoms with Crippen LogP contribution in [0.3, 0.4) is 0 Å². The van der Waals surface area contributed by atoms with Crippen LogP contribution < -0.4 is 14.8 Å². The largest absolute Gasteiger partial charge is 0.313 e. The highest BCUT2D eigenvalue weighted by Crippen LogP contribution is 2.29. The molecular weight excluding hydrogens is 430 g/mol. The van der Waals surface area contributed by atoms with E-state index < -0.39 is 5.41 Å². The molecule has 2 aromatic heterocycles. The van der Waals surface area contributed by atoms with Crippen molar-refractivity contribution < 1.29 is 4.79 Å².